The molecule has 0 saturated carbocycles. The molecule has 14 heteroatoms. The van der Waals surface area contributed by atoms with E-state index in [2.05, 4.69) is 20.6 Å². The zero-order valence-electron chi connectivity index (χ0n) is 22.4. The summed E-state index contributed by atoms with van der Waals surface area (Å²) in [5.41, 5.74) is 18.3. The van der Waals surface area contributed by atoms with Gasteiger partial charge in [-0.15, -0.1) is 0 Å². The van der Waals surface area contributed by atoms with Crippen LogP contribution in [-0.2, 0) is 25.6 Å². The van der Waals surface area contributed by atoms with Crippen LogP contribution in [0.3, 0.4) is 0 Å². The Labute approximate surface area is 231 Å². The SMILES string of the molecule is CC(O)C(NC(=O)C(Cc1c[nH]c2ccccc12)NC(=O)C1CCCN1C(=O)C(N)CCCN=C(N)N)C(=O)O. The fourth-order valence-electron chi connectivity index (χ4n) is 4.80. The van der Waals surface area contributed by atoms with Crippen molar-refractivity contribution in [1.29, 1.82) is 0 Å². The first-order valence-electron chi connectivity index (χ1n) is 13.2. The summed E-state index contributed by atoms with van der Waals surface area (Å²) in [6, 6.07) is 2.96. The number of hydrogen-bond acceptors (Lipinski definition) is 7. The maximum absolute atomic E-state index is 13.4. The summed E-state index contributed by atoms with van der Waals surface area (Å²) >= 11 is 0. The van der Waals surface area contributed by atoms with Crippen LogP contribution in [0.15, 0.2) is 35.5 Å². The number of fused-ring (bicyclic) bond motifs is 1. The number of nitrogens with zero attached hydrogens (tertiary/aromatic N) is 2. The van der Waals surface area contributed by atoms with Crippen molar-refractivity contribution in [3.63, 3.8) is 0 Å². The number of aliphatic imine (C=N–C) groups is 1. The molecule has 2 heterocycles. The fraction of sp³-hybridized carbons (Fsp3) is 0.500. The van der Waals surface area contributed by atoms with Crippen molar-refractivity contribution in [2.75, 3.05) is 13.1 Å². The molecular formula is C26H38N8O6. The number of aromatic nitrogens is 1. The highest BCUT2D eigenvalue weighted by Crippen LogP contribution is 2.22. The largest absolute Gasteiger partial charge is 0.480 e. The second-order valence-electron chi connectivity index (χ2n) is 9.93. The topological polar surface area (TPSA) is 242 Å². The maximum atomic E-state index is 13.4. The quantitative estimate of drug-likeness (QED) is 0.0810. The molecule has 0 spiro atoms. The number of rotatable bonds is 13. The number of likely N-dealkylation sites (tertiary alicyclic amines) is 1. The van der Waals surface area contributed by atoms with Crippen molar-refractivity contribution in [1.82, 2.24) is 20.5 Å². The summed E-state index contributed by atoms with van der Waals surface area (Å²) in [6.45, 7) is 1.90. The minimum absolute atomic E-state index is 0.0404. The van der Waals surface area contributed by atoms with Gasteiger partial charge in [-0.25, -0.2) is 4.79 Å². The van der Waals surface area contributed by atoms with E-state index in [0.29, 0.717) is 38.8 Å². The molecule has 1 saturated heterocycles. The number of carboxylic acid groups (broad SMARTS) is 1. The minimum Gasteiger partial charge on any atom is -0.480 e. The normalized spacial score (nSPS) is 18.0. The third-order valence-electron chi connectivity index (χ3n) is 6.90. The van der Waals surface area contributed by atoms with Gasteiger partial charge in [-0.2, -0.15) is 0 Å². The van der Waals surface area contributed by atoms with Gasteiger partial charge in [-0.05, 0) is 44.2 Å². The fourth-order valence-corrected chi connectivity index (χ4v) is 4.80. The summed E-state index contributed by atoms with van der Waals surface area (Å²) in [4.78, 5) is 59.7. The van der Waals surface area contributed by atoms with Gasteiger partial charge in [-0.1, -0.05) is 18.2 Å². The number of carbonyl (C=O) groups is 4. The van der Waals surface area contributed by atoms with E-state index in [4.69, 9.17) is 17.2 Å². The lowest BCUT2D eigenvalue weighted by Crippen LogP contribution is -2.58. The van der Waals surface area contributed by atoms with E-state index in [1.807, 2.05) is 24.3 Å². The van der Waals surface area contributed by atoms with Gasteiger partial charge in [0.2, 0.25) is 17.7 Å². The van der Waals surface area contributed by atoms with Crippen molar-refractivity contribution in [3.8, 4) is 0 Å². The lowest BCUT2D eigenvalue weighted by Gasteiger charge is -2.29. The van der Waals surface area contributed by atoms with Crippen LogP contribution in [0.2, 0.25) is 0 Å². The molecule has 1 fully saturated rings. The summed E-state index contributed by atoms with van der Waals surface area (Å²) in [6.07, 6.45) is 2.14. The summed E-state index contributed by atoms with van der Waals surface area (Å²) in [7, 11) is 0. The molecule has 1 aromatic carbocycles. The van der Waals surface area contributed by atoms with E-state index >= 15 is 0 Å². The van der Waals surface area contributed by atoms with Crippen LogP contribution in [0.5, 0.6) is 0 Å². The summed E-state index contributed by atoms with van der Waals surface area (Å²) in [5, 5.41) is 25.2. The first-order chi connectivity index (χ1) is 19.0. The molecule has 0 bridgehead atoms. The van der Waals surface area contributed by atoms with Crippen molar-refractivity contribution in [2.24, 2.45) is 22.2 Å². The number of guanidine groups is 1. The number of carbonyl (C=O) groups excluding carboxylic acids is 3. The van der Waals surface area contributed by atoms with Gasteiger partial charge in [0, 0.05) is 36.6 Å². The first-order valence-corrected chi connectivity index (χ1v) is 13.2. The molecule has 3 rings (SSSR count). The van der Waals surface area contributed by atoms with Crippen molar-refractivity contribution < 1.29 is 29.4 Å². The number of aromatic amines is 1. The molecular weight excluding hydrogens is 520 g/mol. The molecule has 1 aromatic heterocycles. The van der Waals surface area contributed by atoms with Crippen LogP contribution in [0.25, 0.3) is 10.9 Å². The smallest absolute Gasteiger partial charge is 0.328 e. The Morgan fingerprint density at radius 1 is 1.20 bits per heavy atom. The standard InChI is InChI=1S/C26H38N8O6/c1-14(35)21(25(39)40)33-22(36)19(12-15-13-31-18-8-3-2-6-16(15)18)32-23(37)20-9-5-11-34(20)24(38)17(27)7-4-10-30-26(28)29/h2-3,6,8,13-14,17,19-21,31,35H,4-5,7,9-12,27H2,1H3,(H,32,37)(H,33,36)(H,39,40)(H4,28,29,30). The lowest BCUT2D eigenvalue weighted by atomic mass is 10.0. The number of hydrogen-bond donors (Lipinski definition) is 8. The highest BCUT2D eigenvalue weighted by molar-refractivity contribution is 5.95. The van der Waals surface area contributed by atoms with Crippen LogP contribution in [0, 0.1) is 0 Å². The third kappa shape index (κ3) is 7.70. The molecule has 1 aliphatic rings. The number of aliphatic carboxylic acids is 1. The molecule has 0 aliphatic carbocycles. The highest BCUT2D eigenvalue weighted by Gasteiger charge is 2.38. The average molecular weight is 559 g/mol. The molecule has 5 unspecified atom stereocenters. The first kappa shape index (κ1) is 30.4. The number of aliphatic hydroxyl groups is 1. The Balaban J connectivity index is 1.76. The Hall–Kier alpha value is -4.17. The van der Waals surface area contributed by atoms with Gasteiger partial charge < -0.3 is 47.9 Å². The lowest BCUT2D eigenvalue weighted by molar-refractivity contribution is -0.145. The van der Waals surface area contributed by atoms with Gasteiger partial charge in [0.25, 0.3) is 0 Å². The zero-order chi connectivity index (χ0) is 29.4. The molecule has 5 atom stereocenters. The van der Waals surface area contributed by atoms with Gasteiger partial charge in [0.1, 0.15) is 12.1 Å². The second kappa shape index (κ2) is 13.8. The number of para-hydroxylation sites is 1. The number of aliphatic hydroxyl groups excluding tert-OH is 1. The average Bonchev–Trinajstić information content (AvgIpc) is 3.56. The molecule has 0 radical (unpaired) electrons. The minimum atomic E-state index is -1.57. The second-order valence-corrected chi connectivity index (χ2v) is 9.93. The van der Waals surface area contributed by atoms with Crippen LogP contribution < -0.4 is 27.8 Å². The predicted octanol–water partition coefficient (Wildman–Crippen LogP) is -1.48. The van der Waals surface area contributed by atoms with Crippen LogP contribution in [0.1, 0.15) is 38.2 Å². The molecule has 11 N–H and O–H groups in total. The number of nitrogens with two attached hydrogens (primary N) is 3. The third-order valence-corrected chi connectivity index (χ3v) is 6.90. The van der Waals surface area contributed by atoms with Crippen LogP contribution >= 0.6 is 0 Å². The van der Waals surface area contributed by atoms with Crippen molar-refractivity contribution in [2.45, 2.75) is 69.3 Å². The van der Waals surface area contributed by atoms with E-state index in [1.165, 1.54) is 11.8 Å². The number of amides is 3. The number of nitrogens with one attached hydrogen (secondary N) is 3. The number of H-pyrrole nitrogens is 1. The van der Waals surface area contributed by atoms with Gasteiger partial charge in [0.15, 0.2) is 12.0 Å². The molecule has 40 heavy (non-hydrogen) atoms. The van der Waals surface area contributed by atoms with Crippen molar-refractivity contribution >= 4 is 40.6 Å². The van der Waals surface area contributed by atoms with Crippen LogP contribution in [0.4, 0.5) is 0 Å². The monoisotopic (exact) mass is 558 g/mol. The summed E-state index contributed by atoms with van der Waals surface area (Å²) < 4.78 is 0. The zero-order valence-corrected chi connectivity index (χ0v) is 22.4. The van der Waals surface area contributed by atoms with Gasteiger partial charge in [-0.3, -0.25) is 19.4 Å². The van der Waals surface area contributed by atoms with E-state index in [9.17, 15) is 29.4 Å². The number of carboxylic acids is 1. The van der Waals surface area contributed by atoms with E-state index < -0.39 is 48.1 Å². The molecule has 14 nitrogen and oxygen atoms in total. The summed E-state index contributed by atoms with van der Waals surface area (Å²) in [5.74, 6) is -3.19. The predicted molar refractivity (Wildman–Crippen MR) is 148 cm³/mol. The Morgan fingerprint density at radius 2 is 1.93 bits per heavy atom. The van der Waals surface area contributed by atoms with Gasteiger partial charge >= 0.3 is 5.97 Å². The molecule has 1 aliphatic heterocycles. The maximum Gasteiger partial charge on any atom is 0.328 e. The highest BCUT2D eigenvalue weighted by atomic mass is 16.4. The Kier molecular flexibility index (Phi) is 10.4. The van der Waals surface area contributed by atoms with Crippen LogP contribution in [-0.4, -0.2) is 93.1 Å². The van der Waals surface area contributed by atoms with E-state index in [-0.39, 0.29) is 18.3 Å². The Bertz CT molecular complexity index is 1240. The number of benzene rings is 1. The van der Waals surface area contributed by atoms with E-state index in [0.717, 1.165) is 16.5 Å². The molecule has 2 aromatic rings. The molecule has 218 valence electrons. The van der Waals surface area contributed by atoms with Crippen molar-refractivity contribution in [3.05, 3.63) is 36.0 Å². The Morgan fingerprint density at radius 3 is 2.60 bits per heavy atom. The molecule has 3 amide bonds. The van der Waals surface area contributed by atoms with E-state index in [1.54, 1.807) is 6.20 Å². The van der Waals surface area contributed by atoms with Gasteiger partial charge in [0.05, 0.1) is 12.1 Å².